The summed E-state index contributed by atoms with van der Waals surface area (Å²) in [6, 6.07) is 16.1. The highest BCUT2D eigenvalue weighted by atomic mass is 16.2. The van der Waals surface area contributed by atoms with Gasteiger partial charge in [-0.1, -0.05) is 36.4 Å². The smallest absolute Gasteiger partial charge is 0.240 e. The zero-order valence-corrected chi connectivity index (χ0v) is 14.6. The fourth-order valence-electron chi connectivity index (χ4n) is 2.87. The van der Waals surface area contributed by atoms with Crippen molar-refractivity contribution in [2.45, 2.75) is 39.8 Å². The van der Waals surface area contributed by atoms with Gasteiger partial charge in [0, 0.05) is 11.1 Å². The Balaban J connectivity index is 2.10. The fourth-order valence-corrected chi connectivity index (χ4v) is 2.87. The Hall–Kier alpha value is -2.62. The summed E-state index contributed by atoms with van der Waals surface area (Å²) in [6.45, 7) is 8.27. The monoisotopic (exact) mass is 321 g/mol. The van der Waals surface area contributed by atoms with Crippen molar-refractivity contribution in [3.63, 3.8) is 0 Å². The molecule has 0 fully saturated rings. The summed E-state index contributed by atoms with van der Waals surface area (Å²) in [5.41, 5.74) is 3.82. The van der Waals surface area contributed by atoms with E-state index in [9.17, 15) is 4.79 Å². The summed E-state index contributed by atoms with van der Waals surface area (Å²) in [4.78, 5) is 17.3. The molecule has 0 radical (unpaired) electrons. The van der Waals surface area contributed by atoms with Crippen LogP contribution in [0.4, 0.5) is 0 Å². The first-order valence-corrected chi connectivity index (χ1v) is 8.17. The third-order valence-electron chi connectivity index (χ3n) is 3.86. The molecule has 3 rings (SSSR count). The molecule has 0 unspecified atom stereocenters. The van der Waals surface area contributed by atoms with E-state index in [2.05, 4.69) is 24.4 Å². The van der Waals surface area contributed by atoms with E-state index in [1.807, 2.05) is 61.7 Å². The summed E-state index contributed by atoms with van der Waals surface area (Å²) in [6.07, 6.45) is 0. The highest BCUT2D eigenvalue weighted by Gasteiger charge is 2.19. The highest BCUT2D eigenvalue weighted by molar-refractivity contribution is 5.85. The number of aromatic nitrogens is 2. The normalized spacial score (nSPS) is 11.7. The SMILES string of the molecule is Cc1ccccc1-c1nc2ccccc2n1CC(=O)NC(C)(C)C. The average molecular weight is 321 g/mol. The second-order valence-electron chi connectivity index (χ2n) is 7.12. The van der Waals surface area contributed by atoms with Gasteiger partial charge in [-0.25, -0.2) is 4.98 Å². The Morgan fingerprint density at radius 3 is 2.46 bits per heavy atom. The number of hydrogen-bond donors (Lipinski definition) is 1. The van der Waals surface area contributed by atoms with Crippen molar-refractivity contribution >= 4 is 16.9 Å². The number of rotatable bonds is 3. The van der Waals surface area contributed by atoms with Gasteiger partial charge in [-0.05, 0) is 45.4 Å². The lowest BCUT2D eigenvalue weighted by Gasteiger charge is -2.21. The topological polar surface area (TPSA) is 46.9 Å². The van der Waals surface area contributed by atoms with Gasteiger partial charge >= 0.3 is 0 Å². The number of carbonyl (C=O) groups excluding carboxylic acids is 1. The van der Waals surface area contributed by atoms with E-state index in [0.29, 0.717) is 0 Å². The third kappa shape index (κ3) is 3.32. The van der Waals surface area contributed by atoms with Crippen molar-refractivity contribution in [1.29, 1.82) is 0 Å². The molecule has 0 saturated heterocycles. The van der Waals surface area contributed by atoms with Gasteiger partial charge in [-0.3, -0.25) is 4.79 Å². The van der Waals surface area contributed by atoms with Crippen molar-refractivity contribution in [2.75, 3.05) is 0 Å². The van der Waals surface area contributed by atoms with Crippen molar-refractivity contribution in [1.82, 2.24) is 14.9 Å². The van der Waals surface area contributed by atoms with E-state index in [0.717, 1.165) is 28.0 Å². The highest BCUT2D eigenvalue weighted by Crippen LogP contribution is 2.27. The maximum Gasteiger partial charge on any atom is 0.240 e. The Morgan fingerprint density at radius 2 is 1.75 bits per heavy atom. The van der Waals surface area contributed by atoms with E-state index in [1.54, 1.807) is 0 Å². The molecule has 1 heterocycles. The molecule has 124 valence electrons. The Labute approximate surface area is 142 Å². The van der Waals surface area contributed by atoms with Crippen LogP contribution in [0.15, 0.2) is 48.5 Å². The molecule has 1 N–H and O–H groups in total. The van der Waals surface area contributed by atoms with Gasteiger partial charge in [0.1, 0.15) is 12.4 Å². The van der Waals surface area contributed by atoms with Crippen LogP contribution in [-0.2, 0) is 11.3 Å². The number of fused-ring (bicyclic) bond motifs is 1. The van der Waals surface area contributed by atoms with Crippen LogP contribution in [0.1, 0.15) is 26.3 Å². The molecule has 0 atom stereocenters. The number of para-hydroxylation sites is 2. The summed E-state index contributed by atoms with van der Waals surface area (Å²) in [5, 5.41) is 3.03. The molecule has 3 aromatic rings. The van der Waals surface area contributed by atoms with Gasteiger partial charge in [0.05, 0.1) is 11.0 Å². The molecular formula is C20H23N3O. The van der Waals surface area contributed by atoms with Crippen molar-refractivity contribution < 1.29 is 4.79 Å². The quantitative estimate of drug-likeness (QED) is 0.794. The van der Waals surface area contributed by atoms with Gasteiger partial charge in [0.2, 0.25) is 5.91 Å². The van der Waals surface area contributed by atoms with Gasteiger partial charge in [-0.15, -0.1) is 0 Å². The van der Waals surface area contributed by atoms with Crippen molar-refractivity contribution in [3.8, 4) is 11.4 Å². The minimum atomic E-state index is -0.254. The van der Waals surface area contributed by atoms with Gasteiger partial charge in [0.25, 0.3) is 0 Å². The van der Waals surface area contributed by atoms with E-state index in [4.69, 9.17) is 4.98 Å². The Morgan fingerprint density at radius 1 is 1.08 bits per heavy atom. The maximum atomic E-state index is 12.5. The Bertz CT molecular complexity index is 887. The molecule has 0 spiro atoms. The number of nitrogens with one attached hydrogen (secondary N) is 1. The molecule has 24 heavy (non-hydrogen) atoms. The van der Waals surface area contributed by atoms with Crippen molar-refractivity contribution in [2.24, 2.45) is 0 Å². The first-order chi connectivity index (χ1) is 11.3. The van der Waals surface area contributed by atoms with Crippen LogP contribution in [0.5, 0.6) is 0 Å². The van der Waals surface area contributed by atoms with Gasteiger partial charge in [0.15, 0.2) is 0 Å². The van der Waals surface area contributed by atoms with Crippen LogP contribution < -0.4 is 5.32 Å². The number of benzene rings is 2. The lowest BCUT2D eigenvalue weighted by Crippen LogP contribution is -2.42. The molecule has 4 nitrogen and oxygen atoms in total. The first kappa shape index (κ1) is 16.2. The van der Waals surface area contributed by atoms with Crippen molar-refractivity contribution in [3.05, 3.63) is 54.1 Å². The van der Waals surface area contributed by atoms with E-state index in [-0.39, 0.29) is 18.0 Å². The van der Waals surface area contributed by atoms with E-state index in [1.165, 1.54) is 0 Å². The van der Waals surface area contributed by atoms with E-state index < -0.39 is 0 Å². The predicted molar refractivity (Wildman–Crippen MR) is 97.8 cm³/mol. The van der Waals surface area contributed by atoms with Crippen LogP contribution in [0.2, 0.25) is 0 Å². The number of aryl methyl sites for hydroxylation is 1. The summed E-state index contributed by atoms with van der Waals surface area (Å²) >= 11 is 0. The third-order valence-corrected chi connectivity index (χ3v) is 3.86. The molecule has 0 aliphatic heterocycles. The minimum Gasteiger partial charge on any atom is -0.350 e. The lowest BCUT2D eigenvalue weighted by atomic mass is 10.1. The molecule has 1 amide bonds. The van der Waals surface area contributed by atoms with Crippen LogP contribution in [0, 0.1) is 6.92 Å². The number of carbonyl (C=O) groups is 1. The summed E-state index contributed by atoms with van der Waals surface area (Å²) in [7, 11) is 0. The standard InChI is InChI=1S/C20H23N3O/c1-14-9-5-6-10-15(14)19-21-16-11-7-8-12-17(16)23(19)13-18(24)22-20(2,3)4/h5-12H,13H2,1-4H3,(H,22,24). The zero-order chi connectivity index (χ0) is 17.3. The summed E-state index contributed by atoms with van der Waals surface area (Å²) < 4.78 is 2.00. The second kappa shape index (κ2) is 6.11. The van der Waals surface area contributed by atoms with Crippen LogP contribution in [0.25, 0.3) is 22.4 Å². The fraction of sp³-hybridized carbons (Fsp3) is 0.300. The second-order valence-corrected chi connectivity index (χ2v) is 7.12. The average Bonchev–Trinajstić information content (AvgIpc) is 2.84. The first-order valence-electron chi connectivity index (χ1n) is 8.17. The molecule has 0 bridgehead atoms. The number of imidazole rings is 1. The summed E-state index contributed by atoms with van der Waals surface area (Å²) in [5.74, 6) is 0.818. The maximum absolute atomic E-state index is 12.5. The Kier molecular flexibility index (Phi) is 4.14. The number of nitrogens with zero attached hydrogens (tertiary/aromatic N) is 2. The molecule has 4 heteroatoms. The molecule has 2 aromatic carbocycles. The number of amides is 1. The van der Waals surface area contributed by atoms with Crippen LogP contribution in [-0.4, -0.2) is 21.0 Å². The lowest BCUT2D eigenvalue weighted by molar-refractivity contribution is -0.123. The van der Waals surface area contributed by atoms with E-state index >= 15 is 0 Å². The molecule has 0 saturated carbocycles. The largest absolute Gasteiger partial charge is 0.350 e. The molecular weight excluding hydrogens is 298 g/mol. The van der Waals surface area contributed by atoms with Gasteiger partial charge in [-0.2, -0.15) is 0 Å². The number of hydrogen-bond acceptors (Lipinski definition) is 2. The molecule has 0 aliphatic rings. The van der Waals surface area contributed by atoms with Crippen LogP contribution in [0.3, 0.4) is 0 Å². The molecule has 0 aliphatic carbocycles. The minimum absolute atomic E-state index is 0.0134. The van der Waals surface area contributed by atoms with Crippen LogP contribution >= 0.6 is 0 Å². The molecule has 1 aromatic heterocycles. The predicted octanol–water partition coefficient (Wildman–Crippen LogP) is 3.93. The van der Waals surface area contributed by atoms with Gasteiger partial charge < -0.3 is 9.88 Å². The zero-order valence-electron chi connectivity index (χ0n) is 14.6.